The van der Waals surface area contributed by atoms with Gasteiger partial charge in [-0.1, -0.05) is 17.7 Å². The summed E-state index contributed by atoms with van der Waals surface area (Å²) in [5, 5.41) is 4.08. The molecule has 3 aromatic heterocycles. The monoisotopic (exact) mass is 349 g/mol. The van der Waals surface area contributed by atoms with Crippen LogP contribution in [-0.2, 0) is 0 Å². The summed E-state index contributed by atoms with van der Waals surface area (Å²) < 4.78 is 0. The number of anilines is 2. The summed E-state index contributed by atoms with van der Waals surface area (Å²) in [5.41, 5.74) is 2.21. The van der Waals surface area contributed by atoms with Gasteiger partial charge in [-0.15, -0.1) is 0 Å². The Labute approximate surface area is 147 Å². The van der Waals surface area contributed by atoms with Crippen molar-refractivity contribution >= 4 is 34.3 Å². The molecule has 0 aliphatic rings. The highest BCUT2D eigenvalue weighted by Gasteiger charge is 2.12. The molecule has 4 aromatic rings. The first-order valence-electron chi connectivity index (χ1n) is 7.54. The third-order valence-corrected chi connectivity index (χ3v) is 3.91. The maximum Gasteiger partial charge on any atom is 0.262 e. The molecule has 0 bridgehead atoms. The van der Waals surface area contributed by atoms with Gasteiger partial charge in [0.1, 0.15) is 0 Å². The number of fused-ring (bicyclic) bond motifs is 1. The van der Waals surface area contributed by atoms with Gasteiger partial charge in [0.25, 0.3) is 5.56 Å². The van der Waals surface area contributed by atoms with Crippen LogP contribution < -0.4 is 10.9 Å². The van der Waals surface area contributed by atoms with Crippen molar-refractivity contribution in [1.29, 1.82) is 0 Å². The lowest BCUT2D eigenvalue weighted by molar-refractivity contribution is 1.14. The van der Waals surface area contributed by atoms with Crippen molar-refractivity contribution in [2.75, 3.05) is 5.32 Å². The minimum atomic E-state index is -0.282. The molecule has 0 aliphatic carbocycles. The van der Waals surface area contributed by atoms with Crippen LogP contribution in [0.3, 0.4) is 0 Å². The van der Waals surface area contributed by atoms with E-state index in [0.29, 0.717) is 33.3 Å². The van der Waals surface area contributed by atoms with Gasteiger partial charge in [-0.3, -0.25) is 14.8 Å². The lowest BCUT2D eigenvalue weighted by Crippen LogP contribution is -2.13. The molecule has 2 N–H and O–H groups in total. The van der Waals surface area contributed by atoms with Crippen molar-refractivity contribution in [3.05, 3.63) is 76.3 Å². The summed E-state index contributed by atoms with van der Waals surface area (Å²) in [7, 11) is 0. The zero-order chi connectivity index (χ0) is 17.2. The summed E-state index contributed by atoms with van der Waals surface area (Å²) >= 11 is 5.88. The van der Waals surface area contributed by atoms with Crippen LogP contribution in [0.25, 0.3) is 22.3 Å². The third-order valence-electron chi connectivity index (χ3n) is 3.66. The van der Waals surface area contributed by atoms with Crippen LogP contribution in [-0.4, -0.2) is 19.9 Å². The number of hydrogen-bond donors (Lipinski definition) is 2. The summed E-state index contributed by atoms with van der Waals surface area (Å²) in [6.07, 6.45) is 3.30. The number of nitrogens with zero attached hydrogens (tertiary/aromatic N) is 3. The van der Waals surface area contributed by atoms with Gasteiger partial charge in [0.05, 0.1) is 11.1 Å². The Balaban J connectivity index is 1.81. The molecule has 25 heavy (non-hydrogen) atoms. The van der Waals surface area contributed by atoms with E-state index in [1.807, 2.05) is 18.2 Å². The number of nitrogens with one attached hydrogen (secondary N) is 2. The summed E-state index contributed by atoms with van der Waals surface area (Å²) in [4.78, 5) is 28.3. The van der Waals surface area contributed by atoms with E-state index in [2.05, 4.69) is 25.3 Å². The fourth-order valence-corrected chi connectivity index (χ4v) is 2.65. The maximum absolute atomic E-state index is 12.6. The van der Waals surface area contributed by atoms with Crippen LogP contribution in [0, 0.1) is 0 Å². The van der Waals surface area contributed by atoms with E-state index in [0.717, 1.165) is 5.69 Å². The van der Waals surface area contributed by atoms with E-state index in [1.54, 1.807) is 42.7 Å². The fraction of sp³-hybridized carbons (Fsp3) is 0. The Bertz CT molecular complexity index is 1090. The number of H-pyrrole nitrogens is 1. The quantitative estimate of drug-likeness (QED) is 0.588. The van der Waals surface area contributed by atoms with Crippen LogP contribution in [0.2, 0.25) is 5.02 Å². The average molecular weight is 350 g/mol. The number of rotatable bonds is 3. The molecule has 0 aliphatic heterocycles. The minimum Gasteiger partial charge on any atom is -0.326 e. The van der Waals surface area contributed by atoms with E-state index in [-0.39, 0.29) is 5.56 Å². The van der Waals surface area contributed by atoms with E-state index in [4.69, 9.17) is 11.6 Å². The normalized spacial score (nSPS) is 10.8. The van der Waals surface area contributed by atoms with Gasteiger partial charge >= 0.3 is 0 Å². The lowest BCUT2D eigenvalue weighted by Gasteiger charge is -2.08. The van der Waals surface area contributed by atoms with Gasteiger partial charge in [-0.2, -0.15) is 4.98 Å². The van der Waals surface area contributed by atoms with Crippen LogP contribution in [0.5, 0.6) is 0 Å². The Morgan fingerprint density at radius 2 is 1.80 bits per heavy atom. The van der Waals surface area contributed by atoms with Crippen molar-refractivity contribution < 1.29 is 0 Å². The third kappa shape index (κ3) is 3.07. The average Bonchev–Trinajstić information content (AvgIpc) is 2.64. The van der Waals surface area contributed by atoms with E-state index in [9.17, 15) is 4.79 Å². The van der Waals surface area contributed by atoms with Crippen LogP contribution in [0.1, 0.15) is 0 Å². The first-order valence-corrected chi connectivity index (χ1v) is 7.91. The summed E-state index contributed by atoms with van der Waals surface area (Å²) in [6.45, 7) is 0. The zero-order valence-corrected chi connectivity index (χ0v) is 13.7. The molecule has 7 heteroatoms. The van der Waals surface area contributed by atoms with Gasteiger partial charge in [0.15, 0.2) is 5.65 Å². The van der Waals surface area contributed by atoms with E-state index < -0.39 is 0 Å². The van der Waals surface area contributed by atoms with Gasteiger partial charge in [0.2, 0.25) is 5.95 Å². The van der Waals surface area contributed by atoms with E-state index in [1.165, 1.54) is 0 Å². The molecule has 0 unspecified atom stereocenters. The Morgan fingerprint density at radius 3 is 2.56 bits per heavy atom. The van der Waals surface area contributed by atoms with E-state index >= 15 is 0 Å². The second-order valence-electron chi connectivity index (χ2n) is 5.32. The Morgan fingerprint density at radius 1 is 0.960 bits per heavy atom. The van der Waals surface area contributed by atoms with Crippen molar-refractivity contribution in [1.82, 2.24) is 19.9 Å². The van der Waals surface area contributed by atoms with Crippen molar-refractivity contribution in [2.45, 2.75) is 0 Å². The first-order chi connectivity index (χ1) is 12.2. The maximum atomic E-state index is 12.6. The van der Waals surface area contributed by atoms with Gasteiger partial charge in [-0.25, -0.2) is 4.98 Å². The Kier molecular flexibility index (Phi) is 3.87. The van der Waals surface area contributed by atoms with Crippen LogP contribution in [0.4, 0.5) is 11.6 Å². The molecule has 0 spiro atoms. The predicted molar refractivity (Wildman–Crippen MR) is 98.1 cm³/mol. The number of aromatic amines is 1. The van der Waals surface area contributed by atoms with Crippen molar-refractivity contribution in [3.63, 3.8) is 0 Å². The predicted octanol–water partition coefficient (Wildman–Crippen LogP) is 3.78. The van der Waals surface area contributed by atoms with Crippen molar-refractivity contribution in [2.24, 2.45) is 0 Å². The van der Waals surface area contributed by atoms with Crippen LogP contribution in [0.15, 0.2) is 65.7 Å². The number of aromatic nitrogens is 4. The Hall–Kier alpha value is -3.25. The minimum absolute atomic E-state index is 0.282. The number of pyridine rings is 2. The summed E-state index contributed by atoms with van der Waals surface area (Å²) in [5.74, 6) is 0.311. The SMILES string of the molecule is O=c1[nH]c(Nc2ccc(Cl)cc2)nc2nccc(-c3ccccn3)c12. The number of benzene rings is 1. The molecule has 122 valence electrons. The molecule has 3 heterocycles. The fourth-order valence-electron chi connectivity index (χ4n) is 2.53. The number of hydrogen-bond acceptors (Lipinski definition) is 5. The molecular formula is C18H12ClN5O. The summed E-state index contributed by atoms with van der Waals surface area (Å²) in [6, 6.07) is 14.4. The second kappa shape index (κ2) is 6.33. The standard InChI is InChI=1S/C18H12ClN5O/c19-11-4-6-12(7-5-11)22-18-23-16-15(17(25)24-18)13(8-10-21-16)14-3-1-2-9-20-14/h1-10H,(H2,21,22,23,24,25). The lowest BCUT2D eigenvalue weighted by atomic mass is 10.1. The van der Waals surface area contributed by atoms with Gasteiger partial charge in [0, 0.05) is 28.7 Å². The smallest absolute Gasteiger partial charge is 0.262 e. The number of halogens is 1. The topological polar surface area (TPSA) is 83.6 Å². The molecule has 0 fully saturated rings. The largest absolute Gasteiger partial charge is 0.326 e. The highest BCUT2D eigenvalue weighted by Crippen LogP contribution is 2.23. The zero-order valence-electron chi connectivity index (χ0n) is 12.9. The molecule has 0 radical (unpaired) electrons. The molecule has 6 nitrogen and oxygen atoms in total. The molecule has 0 atom stereocenters. The first kappa shape index (κ1) is 15.3. The van der Waals surface area contributed by atoms with Crippen molar-refractivity contribution in [3.8, 4) is 11.3 Å². The molecule has 0 saturated heterocycles. The van der Waals surface area contributed by atoms with Gasteiger partial charge in [-0.05, 0) is 42.5 Å². The molecule has 1 aromatic carbocycles. The molecule has 0 amide bonds. The molecular weight excluding hydrogens is 338 g/mol. The van der Waals surface area contributed by atoms with Gasteiger partial charge < -0.3 is 5.32 Å². The van der Waals surface area contributed by atoms with Crippen LogP contribution >= 0.6 is 11.6 Å². The highest BCUT2D eigenvalue weighted by atomic mass is 35.5. The molecule has 4 rings (SSSR count). The highest BCUT2D eigenvalue weighted by molar-refractivity contribution is 6.30. The molecule has 0 saturated carbocycles. The second-order valence-corrected chi connectivity index (χ2v) is 5.75.